The second-order valence-corrected chi connectivity index (χ2v) is 3.95. The van der Waals surface area contributed by atoms with E-state index in [-0.39, 0.29) is 0 Å². The van der Waals surface area contributed by atoms with Crippen molar-refractivity contribution in [3.05, 3.63) is 23.7 Å². The molecule has 18 heavy (non-hydrogen) atoms. The van der Waals surface area contributed by atoms with Crippen molar-refractivity contribution in [1.29, 1.82) is 0 Å². The quantitative estimate of drug-likeness (QED) is 0.853. The lowest BCUT2D eigenvalue weighted by Crippen LogP contribution is -2.09. The SMILES string of the molecule is CCc1nc(C)c(N)n1-c1nc(OC)ccc1N. The van der Waals surface area contributed by atoms with Gasteiger partial charge in [0.2, 0.25) is 5.88 Å². The molecule has 6 nitrogen and oxygen atoms in total. The highest BCUT2D eigenvalue weighted by molar-refractivity contribution is 5.59. The maximum atomic E-state index is 6.04. The minimum absolute atomic E-state index is 0.493. The number of nitrogen functional groups attached to an aromatic ring is 2. The number of aryl methyl sites for hydroxylation is 2. The van der Waals surface area contributed by atoms with E-state index in [1.807, 2.05) is 13.8 Å². The van der Waals surface area contributed by atoms with Crippen LogP contribution in [0.25, 0.3) is 5.82 Å². The predicted molar refractivity (Wildman–Crippen MR) is 70.9 cm³/mol. The van der Waals surface area contributed by atoms with Gasteiger partial charge in [-0.25, -0.2) is 4.98 Å². The maximum Gasteiger partial charge on any atom is 0.215 e. The Morgan fingerprint density at radius 3 is 2.61 bits per heavy atom. The van der Waals surface area contributed by atoms with E-state index in [9.17, 15) is 0 Å². The number of nitrogens with zero attached hydrogens (tertiary/aromatic N) is 3. The average Bonchev–Trinajstić information content (AvgIpc) is 2.66. The number of ether oxygens (including phenoxy) is 1. The van der Waals surface area contributed by atoms with E-state index in [4.69, 9.17) is 16.2 Å². The summed E-state index contributed by atoms with van der Waals surface area (Å²) in [5, 5.41) is 0. The van der Waals surface area contributed by atoms with E-state index < -0.39 is 0 Å². The van der Waals surface area contributed by atoms with Crippen molar-refractivity contribution >= 4 is 11.5 Å². The van der Waals surface area contributed by atoms with Crippen LogP contribution >= 0.6 is 0 Å². The van der Waals surface area contributed by atoms with Gasteiger partial charge in [0.1, 0.15) is 11.6 Å². The number of pyridine rings is 1. The molecule has 0 aliphatic heterocycles. The smallest absolute Gasteiger partial charge is 0.215 e. The summed E-state index contributed by atoms with van der Waals surface area (Å²) < 4.78 is 6.88. The van der Waals surface area contributed by atoms with Crippen LogP contribution in [0.15, 0.2) is 12.1 Å². The summed E-state index contributed by atoms with van der Waals surface area (Å²) in [6, 6.07) is 3.46. The molecule has 96 valence electrons. The second-order valence-electron chi connectivity index (χ2n) is 3.95. The molecule has 0 unspecified atom stereocenters. The van der Waals surface area contributed by atoms with Crippen LogP contribution in [0.3, 0.4) is 0 Å². The first-order chi connectivity index (χ1) is 8.58. The van der Waals surface area contributed by atoms with Gasteiger partial charge in [0.15, 0.2) is 5.82 Å². The molecule has 2 rings (SSSR count). The highest BCUT2D eigenvalue weighted by Gasteiger charge is 2.16. The summed E-state index contributed by atoms with van der Waals surface area (Å²) in [4.78, 5) is 8.74. The molecule has 4 N–H and O–H groups in total. The Bertz CT molecular complexity index is 576. The van der Waals surface area contributed by atoms with Crippen molar-refractivity contribution in [3.8, 4) is 11.7 Å². The normalized spacial score (nSPS) is 10.6. The van der Waals surface area contributed by atoms with Crippen molar-refractivity contribution in [2.75, 3.05) is 18.6 Å². The molecule has 0 aliphatic rings. The van der Waals surface area contributed by atoms with Gasteiger partial charge >= 0.3 is 0 Å². The lowest BCUT2D eigenvalue weighted by molar-refractivity contribution is 0.397. The zero-order valence-corrected chi connectivity index (χ0v) is 10.8. The molecule has 0 amide bonds. The number of anilines is 2. The van der Waals surface area contributed by atoms with Crippen LogP contribution in [0.5, 0.6) is 5.88 Å². The van der Waals surface area contributed by atoms with Crippen molar-refractivity contribution in [1.82, 2.24) is 14.5 Å². The van der Waals surface area contributed by atoms with E-state index in [0.717, 1.165) is 17.9 Å². The first-order valence-electron chi connectivity index (χ1n) is 5.73. The van der Waals surface area contributed by atoms with E-state index >= 15 is 0 Å². The lowest BCUT2D eigenvalue weighted by Gasteiger charge is -2.11. The van der Waals surface area contributed by atoms with Crippen molar-refractivity contribution in [2.24, 2.45) is 0 Å². The monoisotopic (exact) mass is 247 g/mol. The van der Waals surface area contributed by atoms with Crippen LogP contribution in [0.2, 0.25) is 0 Å². The third-order valence-electron chi connectivity index (χ3n) is 2.78. The van der Waals surface area contributed by atoms with Crippen LogP contribution in [0.1, 0.15) is 18.4 Å². The van der Waals surface area contributed by atoms with Crippen LogP contribution in [-0.2, 0) is 6.42 Å². The van der Waals surface area contributed by atoms with Crippen molar-refractivity contribution in [2.45, 2.75) is 20.3 Å². The van der Waals surface area contributed by atoms with Crippen molar-refractivity contribution in [3.63, 3.8) is 0 Å². The van der Waals surface area contributed by atoms with E-state index in [2.05, 4.69) is 9.97 Å². The zero-order chi connectivity index (χ0) is 13.3. The third kappa shape index (κ3) is 1.85. The minimum Gasteiger partial charge on any atom is -0.481 e. The maximum absolute atomic E-state index is 6.04. The Labute approximate surface area is 106 Å². The second kappa shape index (κ2) is 4.56. The summed E-state index contributed by atoms with van der Waals surface area (Å²) in [6.45, 7) is 3.87. The summed E-state index contributed by atoms with van der Waals surface area (Å²) in [5.74, 6) is 2.44. The van der Waals surface area contributed by atoms with Crippen LogP contribution < -0.4 is 16.2 Å². The van der Waals surface area contributed by atoms with Crippen LogP contribution in [-0.4, -0.2) is 21.6 Å². The number of rotatable bonds is 3. The number of imidazole rings is 1. The molecule has 0 saturated carbocycles. The number of methoxy groups -OCH3 is 1. The number of nitrogens with two attached hydrogens (primary N) is 2. The summed E-state index contributed by atoms with van der Waals surface area (Å²) in [6.07, 6.45) is 0.746. The Morgan fingerprint density at radius 2 is 2.00 bits per heavy atom. The molecule has 0 fully saturated rings. The van der Waals surface area contributed by atoms with E-state index in [1.165, 1.54) is 0 Å². The minimum atomic E-state index is 0.493. The molecule has 0 aromatic carbocycles. The number of hydrogen-bond donors (Lipinski definition) is 2. The fourth-order valence-electron chi connectivity index (χ4n) is 1.81. The Kier molecular flexibility index (Phi) is 3.10. The Morgan fingerprint density at radius 1 is 1.28 bits per heavy atom. The van der Waals surface area contributed by atoms with E-state index in [1.54, 1.807) is 23.8 Å². The highest BCUT2D eigenvalue weighted by atomic mass is 16.5. The topological polar surface area (TPSA) is 92.0 Å². The fraction of sp³-hybridized carbons (Fsp3) is 0.333. The molecule has 0 atom stereocenters. The lowest BCUT2D eigenvalue weighted by atomic mass is 10.3. The third-order valence-corrected chi connectivity index (χ3v) is 2.78. The molecule has 0 spiro atoms. The van der Waals surface area contributed by atoms with Crippen molar-refractivity contribution < 1.29 is 4.74 Å². The largest absolute Gasteiger partial charge is 0.481 e. The average molecular weight is 247 g/mol. The molecule has 0 saturated heterocycles. The van der Waals surface area contributed by atoms with Gasteiger partial charge in [0.25, 0.3) is 0 Å². The molecular formula is C12H17N5O. The molecule has 2 heterocycles. The molecule has 2 aromatic rings. The summed E-state index contributed by atoms with van der Waals surface area (Å²) in [7, 11) is 1.56. The summed E-state index contributed by atoms with van der Waals surface area (Å²) in [5.41, 5.74) is 13.3. The molecule has 0 aliphatic carbocycles. The van der Waals surface area contributed by atoms with Crippen LogP contribution in [0, 0.1) is 6.92 Å². The van der Waals surface area contributed by atoms with Gasteiger partial charge in [-0.15, -0.1) is 0 Å². The zero-order valence-electron chi connectivity index (χ0n) is 10.8. The van der Waals surface area contributed by atoms with Gasteiger partial charge in [-0.1, -0.05) is 6.92 Å². The van der Waals surface area contributed by atoms with Gasteiger partial charge in [-0.3, -0.25) is 4.57 Å². The van der Waals surface area contributed by atoms with Gasteiger partial charge in [-0.2, -0.15) is 4.98 Å². The molecular weight excluding hydrogens is 230 g/mol. The number of aromatic nitrogens is 3. The van der Waals surface area contributed by atoms with Crippen LogP contribution in [0.4, 0.5) is 11.5 Å². The first-order valence-corrected chi connectivity index (χ1v) is 5.73. The fourth-order valence-corrected chi connectivity index (χ4v) is 1.81. The van der Waals surface area contributed by atoms with Gasteiger partial charge < -0.3 is 16.2 Å². The Balaban J connectivity index is 2.67. The van der Waals surface area contributed by atoms with Gasteiger partial charge in [0, 0.05) is 12.5 Å². The van der Waals surface area contributed by atoms with Gasteiger partial charge in [0.05, 0.1) is 18.5 Å². The van der Waals surface area contributed by atoms with E-state index in [0.29, 0.717) is 23.2 Å². The molecule has 0 radical (unpaired) electrons. The number of hydrogen-bond acceptors (Lipinski definition) is 5. The highest BCUT2D eigenvalue weighted by Crippen LogP contribution is 2.25. The molecule has 2 aromatic heterocycles. The predicted octanol–water partition coefficient (Wildman–Crippen LogP) is 1.31. The van der Waals surface area contributed by atoms with Gasteiger partial charge in [-0.05, 0) is 13.0 Å². The Hall–Kier alpha value is -2.24. The standard InChI is InChI=1S/C12H17N5O/c1-4-9-15-7(2)11(14)17(9)12-8(13)5-6-10(16-12)18-3/h5-6H,4,13-14H2,1-3H3. The first kappa shape index (κ1) is 12.2. The molecule has 0 bridgehead atoms. The molecule has 6 heteroatoms. The summed E-state index contributed by atoms with van der Waals surface area (Å²) >= 11 is 0.